The van der Waals surface area contributed by atoms with E-state index in [4.69, 9.17) is 4.74 Å². The lowest BCUT2D eigenvalue weighted by atomic mass is 10.2. The molecule has 3 rings (SSSR count). The first-order valence-corrected chi connectivity index (χ1v) is 6.80. The Bertz CT molecular complexity index is 555. The lowest BCUT2D eigenvalue weighted by Crippen LogP contribution is -2.29. The van der Waals surface area contributed by atoms with Crippen LogP contribution in [0.1, 0.15) is 5.56 Å². The molecule has 2 atom stereocenters. The number of para-hydroxylation sites is 1. The summed E-state index contributed by atoms with van der Waals surface area (Å²) in [5.41, 5.74) is 1.15. The van der Waals surface area contributed by atoms with Gasteiger partial charge >= 0.3 is 0 Å². The molecule has 0 amide bonds. The van der Waals surface area contributed by atoms with Crippen LogP contribution in [0.4, 0.5) is 0 Å². The third-order valence-electron chi connectivity index (χ3n) is 3.51. The Hall–Kier alpha value is -1.85. The number of ether oxygens (including phenoxy) is 1. The molecule has 2 aromatic rings. The highest BCUT2D eigenvalue weighted by molar-refractivity contribution is 5.21. The van der Waals surface area contributed by atoms with E-state index in [1.54, 1.807) is 4.68 Å². The molecule has 5 nitrogen and oxygen atoms in total. The molecule has 1 saturated heterocycles. The fourth-order valence-electron chi connectivity index (χ4n) is 2.56. The fraction of sp³-hybridized carbons (Fsp3) is 0.400. The molecule has 1 aliphatic rings. The quantitative estimate of drug-likeness (QED) is 0.904. The second-order valence-electron chi connectivity index (χ2n) is 5.25. The third-order valence-corrected chi connectivity index (χ3v) is 3.51. The van der Waals surface area contributed by atoms with Gasteiger partial charge in [0.05, 0.1) is 6.20 Å². The Labute approximate surface area is 118 Å². The Kier molecular flexibility index (Phi) is 3.71. The van der Waals surface area contributed by atoms with Crippen molar-refractivity contribution >= 4 is 0 Å². The predicted octanol–water partition coefficient (Wildman–Crippen LogP) is 1.04. The van der Waals surface area contributed by atoms with Gasteiger partial charge in [-0.2, -0.15) is 5.10 Å². The van der Waals surface area contributed by atoms with Gasteiger partial charge in [-0.3, -0.25) is 9.58 Å². The van der Waals surface area contributed by atoms with Crippen LogP contribution in [0.25, 0.3) is 0 Å². The van der Waals surface area contributed by atoms with Crippen molar-refractivity contribution in [3.8, 4) is 5.75 Å². The van der Waals surface area contributed by atoms with Crippen LogP contribution in [-0.4, -0.2) is 45.1 Å². The number of likely N-dealkylation sites (tertiary alicyclic amines) is 1. The first-order chi connectivity index (χ1) is 9.70. The van der Waals surface area contributed by atoms with E-state index in [0.29, 0.717) is 6.54 Å². The molecule has 0 unspecified atom stereocenters. The predicted molar refractivity (Wildman–Crippen MR) is 75.3 cm³/mol. The van der Waals surface area contributed by atoms with Gasteiger partial charge in [0.1, 0.15) is 18.0 Å². The molecule has 20 heavy (non-hydrogen) atoms. The minimum Gasteiger partial charge on any atom is -0.486 e. The number of benzene rings is 1. The van der Waals surface area contributed by atoms with Crippen LogP contribution in [0.5, 0.6) is 5.75 Å². The number of nitrogens with zero attached hydrogens (tertiary/aromatic N) is 3. The van der Waals surface area contributed by atoms with Crippen molar-refractivity contribution in [2.75, 3.05) is 13.1 Å². The number of β-amino-alcohol motifs (C(OH)–C–C–N with tert-alkyl or cyclic N) is 1. The summed E-state index contributed by atoms with van der Waals surface area (Å²) < 4.78 is 7.64. The second-order valence-corrected chi connectivity index (χ2v) is 5.25. The molecule has 2 heterocycles. The minimum absolute atomic E-state index is 0.172. The summed E-state index contributed by atoms with van der Waals surface area (Å²) in [6, 6.07) is 9.65. The smallest absolute Gasteiger partial charge is 0.138 e. The molecule has 1 N–H and O–H groups in total. The van der Waals surface area contributed by atoms with E-state index in [2.05, 4.69) is 10.00 Å². The molecule has 0 spiro atoms. The van der Waals surface area contributed by atoms with Crippen LogP contribution in [0.2, 0.25) is 0 Å². The van der Waals surface area contributed by atoms with Gasteiger partial charge in [0.25, 0.3) is 0 Å². The van der Waals surface area contributed by atoms with Gasteiger partial charge in [0.2, 0.25) is 0 Å². The van der Waals surface area contributed by atoms with Crippen LogP contribution >= 0.6 is 0 Å². The van der Waals surface area contributed by atoms with E-state index >= 15 is 0 Å². The number of rotatable bonds is 4. The minimum atomic E-state index is -0.452. The number of hydrogen-bond acceptors (Lipinski definition) is 4. The molecular weight excluding hydrogens is 254 g/mol. The molecule has 106 valence electrons. The number of hydrogen-bond donors (Lipinski definition) is 1. The van der Waals surface area contributed by atoms with Crippen LogP contribution in [0.15, 0.2) is 42.7 Å². The molecule has 5 heteroatoms. The van der Waals surface area contributed by atoms with E-state index < -0.39 is 6.10 Å². The molecule has 1 aliphatic heterocycles. The van der Waals surface area contributed by atoms with Crippen molar-refractivity contribution in [2.24, 2.45) is 7.05 Å². The number of aliphatic hydroxyl groups is 1. The monoisotopic (exact) mass is 273 g/mol. The van der Waals surface area contributed by atoms with Crippen molar-refractivity contribution in [2.45, 2.75) is 18.8 Å². The van der Waals surface area contributed by atoms with E-state index in [1.165, 1.54) is 0 Å². The maximum Gasteiger partial charge on any atom is 0.138 e. The van der Waals surface area contributed by atoms with Crippen LogP contribution in [0.3, 0.4) is 0 Å². The molecule has 0 aliphatic carbocycles. The van der Waals surface area contributed by atoms with Crippen molar-refractivity contribution in [1.29, 1.82) is 0 Å². The average Bonchev–Trinajstić information content (AvgIpc) is 2.98. The molecule has 0 radical (unpaired) electrons. The maximum atomic E-state index is 10.1. The maximum absolute atomic E-state index is 10.1. The highest BCUT2D eigenvalue weighted by atomic mass is 16.5. The summed E-state index contributed by atoms with van der Waals surface area (Å²) >= 11 is 0. The summed E-state index contributed by atoms with van der Waals surface area (Å²) in [5, 5.41) is 14.3. The highest BCUT2D eigenvalue weighted by Crippen LogP contribution is 2.19. The van der Waals surface area contributed by atoms with Gasteiger partial charge in [-0.05, 0) is 12.1 Å². The molecule has 0 saturated carbocycles. The first kappa shape index (κ1) is 13.1. The van der Waals surface area contributed by atoms with Crippen molar-refractivity contribution in [1.82, 2.24) is 14.7 Å². The molecule has 1 aromatic carbocycles. The third kappa shape index (κ3) is 3.00. The first-order valence-electron chi connectivity index (χ1n) is 6.80. The Morgan fingerprint density at radius 1 is 1.30 bits per heavy atom. The normalized spacial score (nSPS) is 23.1. The van der Waals surface area contributed by atoms with Gasteiger partial charge in [-0.25, -0.2) is 0 Å². The van der Waals surface area contributed by atoms with E-state index in [0.717, 1.165) is 24.4 Å². The number of aryl methyl sites for hydroxylation is 1. The Balaban J connectivity index is 1.59. The zero-order valence-electron chi connectivity index (χ0n) is 11.5. The fourth-order valence-corrected chi connectivity index (χ4v) is 2.56. The summed E-state index contributed by atoms with van der Waals surface area (Å²) in [4.78, 5) is 2.19. The SMILES string of the molecule is Cn1cc(CN2C[C@@H](O)[C@H](Oc3ccccc3)C2)cn1. The second kappa shape index (κ2) is 5.64. The van der Waals surface area contributed by atoms with Crippen molar-refractivity contribution < 1.29 is 9.84 Å². The van der Waals surface area contributed by atoms with Crippen LogP contribution < -0.4 is 4.74 Å². The highest BCUT2D eigenvalue weighted by Gasteiger charge is 2.33. The number of aliphatic hydroxyl groups excluding tert-OH is 1. The zero-order valence-corrected chi connectivity index (χ0v) is 11.5. The summed E-state index contributed by atoms with van der Waals surface area (Å²) in [6.45, 7) is 2.15. The van der Waals surface area contributed by atoms with Crippen molar-refractivity contribution in [3.05, 3.63) is 48.3 Å². The molecule has 1 fully saturated rings. The standard InChI is InChI=1S/C15H19N3O2/c1-17-8-12(7-16-17)9-18-10-14(19)15(11-18)20-13-5-3-2-4-6-13/h2-8,14-15,19H,9-11H2,1H3/t14-,15-/m1/s1. The lowest BCUT2D eigenvalue weighted by molar-refractivity contribution is 0.0737. The largest absolute Gasteiger partial charge is 0.486 e. The number of aromatic nitrogens is 2. The zero-order chi connectivity index (χ0) is 13.9. The summed E-state index contributed by atoms with van der Waals surface area (Å²) in [5.74, 6) is 0.805. The average molecular weight is 273 g/mol. The summed E-state index contributed by atoms with van der Waals surface area (Å²) in [6.07, 6.45) is 3.23. The van der Waals surface area contributed by atoms with Gasteiger partial charge in [-0.1, -0.05) is 18.2 Å². The Morgan fingerprint density at radius 2 is 2.10 bits per heavy atom. The van der Waals surface area contributed by atoms with E-state index in [9.17, 15) is 5.11 Å². The van der Waals surface area contributed by atoms with E-state index in [1.807, 2.05) is 49.8 Å². The van der Waals surface area contributed by atoms with Gasteiger partial charge in [-0.15, -0.1) is 0 Å². The van der Waals surface area contributed by atoms with Gasteiger partial charge in [0, 0.05) is 38.4 Å². The Morgan fingerprint density at radius 3 is 2.80 bits per heavy atom. The topological polar surface area (TPSA) is 50.5 Å². The van der Waals surface area contributed by atoms with Crippen LogP contribution in [0, 0.1) is 0 Å². The van der Waals surface area contributed by atoms with Gasteiger partial charge in [0.15, 0.2) is 0 Å². The van der Waals surface area contributed by atoms with Gasteiger partial charge < -0.3 is 9.84 Å². The molecule has 1 aromatic heterocycles. The molecular formula is C15H19N3O2. The van der Waals surface area contributed by atoms with E-state index in [-0.39, 0.29) is 6.10 Å². The lowest BCUT2D eigenvalue weighted by Gasteiger charge is -2.16. The summed E-state index contributed by atoms with van der Waals surface area (Å²) in [7, 11) is 1.91. The van der Waals surface area contributed by atoms with Crippen molar-refractivity contribution in [3.63, 3.8) is 0 Å². The van der Waals surface area contributed by atoms with Crippen LogP contribution in [-0.2, 0) is 13.6 Å². The molecule has 0 bridgehead atoms.